The summed E-state index contributed by atoms with van der Waals surface area (Å²) < 4.78 is 50.0. The monoisotopic (exact) mass is 503 g/mol. The Morgan fingerprint density at radius 2 is 1.60 bits per heavy atom. The molecule has 10 heteroatoms. The summed E-state index contributed by atoms with van der Waals surface area (Å²) in [5, 5.41) is 13.1. The number of nitrogens with zero attached hydrogens (tertiary/aromatic N) is 1. The second-order valence-electron chi connectivity index (χ2n) is 7.72. The van der Waals surface area contributed by atoms with E-state index in [-0.39, 0.29) is 28.3 Å². The van der Waals surface area contributed by atoms with Gasteiger partial charge in [0.1, 0.15) is 28.9 Å². The number of benzene rings is 2. The van der Waals surface area contributed by atoms with Gasteiger partial charge >= 0.3 is 6.18 Å². The van der Waals surface area contributed by atoms with Crippen LogP contribution in [0, 0.1) is 6.92 Å². The molecule has 35 heavy (non-hydrogen) atoms. The Hall–Kier alpha value is -3.79. The summed E-state index contributed by atoms with van der Waals surface area (Å²) in [5.41, 5.74) is -0.188. The molecule has 0 bridgehead atoms. The third kappa shape index (κ3) is 4.14. The standard InChI is InChI=1S/C25H20F3NO5S/c1-13-11-12-35-23(13)20-19(21(30)18-16(33-2)5-4-6-17(18)34-3)22(31)24(32)29(20)15-9-7-14(8-10-15)25(26,27)28/h4-12,20,30H,1-3H3/b21-19+. The Bertz CT molecular complexity index is 1310. The number of aliphatic hydroxyl groups excluding tert-OH is 1. The molecule has 1 saturated heterocycles. The molecule has 182 valence electrons. The summed E-state index contributed by atoms with van der Waals surface area (Å²) in [6, 6.07) is 9.44. The van der Waals surface area contributed by atoms with Crippen LogP contribution < -0.4 is 14.4 Å². The maximum Gasteiger partial charge on any atom is 0.416 e. The van der Waals surface area contributed by atoms with Gasteiger partial charge in [-0.15, -0.1) is 11.3 Å². The van der Waals surface area contributed by atoms with E-state index in [1.54, 1.807) is 36.6 Å². The molecule has 4 rings (SSSR count). The van der Waals surface area contributed by atoms with Crippen molar-refractivity contribution in [3.63, 3.8) is 0 Å². The second kappa shape index (κ2) is 9.10. The van der Waals surface area contributed by atoms with E-state index in [9.17, 15) is 27.9 Å². The number of thiophene rings is 1. The predicted octanol–water partition coefficient (Wildman–Crippen LogP) is 5.72. The van der Waals surface area contributed by atoms with Crippen LogP contribution in [-0.2, 0) is 15.8 Å². The number of amides is 1. The molecule has 1 amide bonds. The minimum Gasteiger partial charge on any atom is -0.506 e. The third-order valence-corrected chi connectivity index (χ3v) is 6.80. The number of rotatable bonds is 5. The minimum atomic E-state index is -4.56. The first-order valence-corrected chi connectivity index (χ1v) is 11.2. The Labute approximate surface area is 202 Å². The van der Waals surface area contributed by atoms with Crippen LogP contribution in [0.25, 0.3) is 5.76 Å². The molecule has 2 heterocycles. The summed E-state index contributed by atoms with van der Waals surface area (Å²) in [6.45, 7) is 1.78. The molecular formula is C25H20F3NO5S. The van der Waals surface area contributed by atoms with E-state index < -0.39 is 35.2 Å². The smallest absolute Gasteiger partial charge is 0.416 e. The van der Waals surface area contributed by atoms with Crippen molar-refractivity contribution in [1.29, 1.82) is 0 Å². The number of hydrogen-bond acceptors (Lipinski definition) is 6. The fourth-order valence-corrected chi connectivity index (χ4v) is 5.07. The number of carbonyl (C=O) groups is 2. The number of ether oxygens (including phenoxy) is 2. The Balaban J connectivity index is 1.96. The molecule has 0 radical (unpaired) electrons. The molecule has 1 fully saturated rings. The number of alkyl halides is 3. The maximum atomic E-state index is 13.3. The highest BCUT2D eigenvalue weighted by atomic mass is 32.1. The van der Waals surface area contributed by atoms with Crippen LogP contribution >= 0.6 is 11.3 Å². The van der Waals surface area contributed by atoms with E-state index in [1.165, 1.54) is 25.6 Å². The molecule has 1 unspecified atom stereocenters. The number of carbonyl (C=O) groups excluding carboxylic acids is 2. The molecule has 0 saturated carbocycles. The number of aliphatic hydroxyl groups is 1. The molecule has 2 aromatic carbocycles. The predicted molar refractivity (Wildman–Crippen MR) is 125 cm³/mol. The normalized spacial score (nSPS) is 17.7. The lowest BCUT2D eigenvalue weighted by Gasteiger charge is -2.25. The van der Waals surface area contributed by atoms with Crippen molar-refractivity contribution in [3.05, 3.63) is 81.1 Å². The average molecular weight is 503 g/mol. The average Bonchev–Trinajstić information content (AvgIpc) is 3.37. The zero-order valence-corrected chi connectivity index (χ0v) is 19.7. The van der Waals surface area contributed by atoms with Crippen LogP contribution in [0.1, 0.15) is 27.6 Å². The van der Waals surface area contributed by atoms with Gasteiger partial charge in [-0.2, -0.15) is 13.2 Å². The van der Waals surface area contributed by atoms with Crippen LogP contribution in [0.2, 0.25) is 0 Å². The molecular weight excluding hydrogens is 483 g/mol. The quantitative estimate of drug-likeness (QED) is 0.274. The van der Waals surface area contributed by atoms with Gasteiger partial charge in [0.15, 0.2) is 0 Å². The lowest BCUT2D eigenvalue weighted by atomic mass is 9.97. The number of anilines is 1. The van der Waals surface area contributed by atoms with Crippen molar-refractivity contribution < 1.29 is 37.3 Å². The number of Topliss-reactive ketones (excluding diaryl/α,β-unsaturated/α-hetero) is 1. The zero-order chi connectivity index (χ0) is 25.5. The Kier molecular flexibility index (Phi) is 6.33. The SMILES string of the molecule is COc1cccc(OC)c1/C(O)=C1\C(=O)C(=O)N(c2ccc(C(F)(F)F)cc2)C1c1sccc1C. The minimum absolute atomic E-state index is 0.0853. The third-order valence-electron chi connectivity index (χ3n) is 5.73. The van der Waals surface area contributed by atoms with Crippen molar-refractivity contribution in [1.82, 2.24) is 0 Å². The first-order chi connectivity index (χ1) is 16.6. The first kappa shape index (κ1) is 24.3. The van der Waals surface area contributed by atoms with E-state index in [2.05, 4.69) is 0 Å². The summed E-state index contributed by atoms with van der Waals surface area (Å²) in [6.07, 6.45) is -4.56. The van der Waals surface area contributed by atoms with Crippen LogP contribution in [0.5, 0.6) is 11.5 Å². The fraction of sp³-hybridized carbons (Fsp3) is 0.200. The highest BCUT2D eigenvalue weighted by Crippen LogP contribution is 2.47. The van der Waals surface area contributed by atoms with Gasteiger partial charge in [-0.1, -0.05) is 6.07 Å². The molecule has 0 aliphatic carbocycles. The first-order valence-electron chi connectivity index (χ1n) is 10.3. The van der Waals surface area contributed by atoms with Crippen molar-refractivity contribution in [3.8, 4) is 11.5 Å². The lowest BCUT2D eigenvalue weighted by Crippen LogP contribution is -2.29. The van der Waals surface area contributed by atoms with E-state index in [0.29, 0.717) is 4.88 Å². The highest BCUT2D eigenvalue weighted by Gasteiger charge is 2.48. The van der Waals surface area contributed by atoms with Crippen LogP contribution in [0.4, 0.5) is 18.9 Å². The van der Waals surface area contributed by atoms with Crippen molar-refractivity contribution in [2.45, 2.75) is 19.1 Å². The largest absolute Gasteiger partial charge is 0.506 e. The molecule has 6 nitrogen and oxygen atoms in total. The molecule has 1 aromatic heterocycles. The van der Waals surface area contributed by atoms with Crippen molar-refractivity contribution in [2.24, 2.45) is 0 Å². The summed E-state index contributed by atoms with van der Waals surface area (Å²) >= 11 is 1.26. The van der Waals surface area contributed by atoms with Crippen LogP contribution in [-0.4, -0.2) is 31.0 Å². The van der Waals surface area contributed by atoms with Gasteiger partial charge in [-0.3, -0.25) is 14.5 Å². The van der Waals surface area contributed by atoms with Gasteiger partial charge < -0.3 is 14.6 Å². The summed E-state index contributed by atoms with van der Waals surface area (Å²) in [7, 11) is 2.76. The molecule has 1 aliphatic heterocycles. The molecule has 1 aliphatic rings. The Morgan fingerprint density at radius 1 is 1.00 bits per heavy atom. The fourth-order valence-electron chi connectivity index (χ4n) is 4.04. The molecule has 1 N–H and O–H groups in total. The zero-order valence-electron chi connectivity index (χ0n) is 18.8. The molecule has 0 spiro atoms. The number of ketones is 1. The number of aryl methyl sites for hydroxylation is 1. The van der Waals surface area contributed by atoms with Gasteiger partial charge in [0, 0.05) is 10.6 Å². The van der Waals surface area contributed by atoms with Crippen LogP contribution in [0.3, 0.4) is 0 Å². The van der Waals surface area contributed by atoms with Gasteiger partial charge in [-0.05, 0) is 60.3 Å². The molecule has 3 aromatic rings. The van der Waals surface area contributed by atoms with Crippen molar-refractivity contribution >= 4 is 34.5 Å². The number of halogens is 3. The van der Waals surface area contributed by atoms with E-state index >= 15 is 0 Å². The van der Waals surface area contributed by atoms with Crippen LogP contribution in [0.15, 0.2) is 59.5 Å². The van der Waals surface area contributed by atoms with E-state index in [1.807, 2.05) is 0 Å². The van der Waals surface area contributed by atoms with Gasteiger partial charge in [0.25, 0.3) is 11.7 Å². The van der Waals surface area contributed by atoms with Gasteiger partial charge in [0.05, 0.1) is 25.4 Å². The van der Waals surface area contributed by atoms with Crippen molar-refractivity contribution in [2.75, 3.05) is 19.1 Å². The summed E-state index contributed by atoms with van der Waals surface area (Å²) in [4.78, 5) is 28.2. The lowest BCUT2D eigenvalue weighted by molar-refractivity contribution is -0.137. The number of methoxy groups -OCH3 is 2. The van der Waals surface area contributed by atoms with E-state index in [4.69, 9.17) is 9.47 Å². The van der Waals surface area contributed by atoms with Gasteiger partial charge in [0.2, 0.25) is 0 Å². The second-order valence-corrected chi connectivity index (χ2v) is 8.67. The highest BCUT2D eigenvalue weighted by molar-refractivity contribution is 7.10. The Morgan fingerprint density at radius 3 is 2.09 bits per heavy atom. The molecule has 1 atom stereocenters. The summed E-state index contributed by atoms with van der Waals surface area (Å²) in [5.74, 6) is -2.04. The topological polar surface area (TPSA) is 76.1 Å². The van der Waals surface area contributed by atoms with E-state index in [0.717, 1.165) is 34.7 Å². The van der Waals surface area contributed by atoms with Gasteiger partial charge in [-0.25, -0.2) is 0 Å². The number of hydrogen-bond donors (Lipinski definition) is 1. The maximum absolute atomic E-state index is 13.3.